The molecule has 144 valence electrons. The standard InChI is InChI=1S/C22H22N2O3S/c1-22(2,3)21-23-16-7-5-4-6-15(16)20(24-21)28-13-17(25)14-8-9-18-19(12-14)27-11-10-26-18/h4-9,12H,10-11,13H2,1-3H3. The van der Waals surface area contributed by atoms with Gasteiger partial charge >= 0.3 is 0 Å². The van der Waals surface area contributed by atoms with Gasteiger partial charge < -0.3 is 9.47 Å². The first-order valence-corrected chi connectivity index (χ1v) is 10.2. The Bertz CT molecular complexity index is 1040. The number of carbonyl (C=O) groups is 1. The van der Waals surface area contributed by atoms with Crippen molar-refractivity contribution in [3.8, 4) is 11.5 Å². The lowest BCUT2D eigenvalue weighted by Gasteiger charge is -2.19. The molecule has 0 saturated heterocycles. The molecule has 0 radical (unpaired) electrons. The number of para-hydroxylation sites is 1. The van der Waals surface area contributed by atoms with E-state index in [0.29, 0.717) is 36.0 Å². The SMILES string of the molecule is CC(C)(C)c1nc(SCC(=O)c2ccc3c(c2)OCCO3)c2ccccc2n1. The number of nitrogens with zero attached hydrogens (tertiary/aromatic N) is 2. The van der Waals surface area contributed by atoms with Crippen LogP contribution in [0.25, 0.3) is 10.9 Å². The molecule has 0 spiro atoms. The molecule has 0 unspecified atom stereocenters. The summed E-state index contributed by atoms with van der Waals surface area (Å²) in [7, 11) is 0. The summed E-state index contributed by atoms with van der Waals surface area (Å²) in [5.41, 5.74) is 1.35. The predicted octanol–water partition coefficient (Wildman–Crippen LogP) is 4.67. The largest absolute Gasteiger partial charge is 0.486 e. The number of hydrogen-bond acceptors (Lipinski definition) is 6. The lowest BCUT2D eigenvalue weighted by atomic mass is 9.95. The molecule has 3 aromatic rings. The zero-order valence-corrected chi connectivity index (χ0v) is 17.0. The van der Waals surface area contributed by atoms with Crippen LogP contribution in [-0.2, 0) is 5.41 Å². The first-order valence-electron chi connectivity index (χ1n) is 9.25. The number of thioether (sulfide) groups is 1. The Morgan fingerprint density at radius 3 is 2.57 bits per heavy atom. The zero-order valence-electron chi connectivity index (χ0n) is 16.2. The van der Waals surface area contributed by atoms with Gasteiger partial charge in [-0.15, -0.1) is 0 Å². The summed E-state index contributed by atoms with van der Waals surface area (Å²) in [6.07, 6.45) is 0. The van der Waals surface area contributed by atoms with Gasteiger partial charge in [0.2, 0.25) is 0 Å². The van der Waals surface area contributed by atoms with E-state index in [1.807, 2.05) is 24.3 Å². The molecule has 28 heavy (non-hydrogen) atoms. The Hall–Kier alpha value is -2.60. The van der Waals surface area contributed by atoms with Gasteiger partial charge in [-0.3, -0.25) is 4.79 Å². The van der Waals surface area contributed by atoms with Gasteiger partial charge in [0.1, 0.15) is 24.1 Å². The predicted molar refractivity (Wildman–Crippen MR) is 111 cm³/mol. The molecular weight excluding hydrogens is 372 g/mol. The van der Waals surface area contributed by atoms with Crippen molar-refractivity contribution in [2.24, 2.45) is 0 Å². The highest BCUT2D eigenvalue weighted by atomic mass is 32.2. The Balaban J connectivity index is 1.59. The maximum atomic E-state index is 12.8. The average molecular weight is 394 g/mol. The summed E-state index contributed by atoms with van der Waals surface area (Å²) < 4.78 is 11.1. The fraction of sp³-hybridized carbons (Fsp3) is 0.318. The summed E-state index contributed by atoms with van der Waals surface area (Å²) in [4.78, 5) is 22.2. The lowest BCUT2D eigenvalue weighted by Crippen LogP contribution is -2.17. The topological polar surface area (TPSA) is 61.3 Å². The first kappa shape index (κ1) is 18.7. The highest BCUT2D eigenvalue weighted by Gasteiger charge is 2.21. The second-order valence-corrected chi connectivity index (χ2v) is 8.65. The smallest absolute Gasteiger partial charge is 0.173 e. The Labute approximate surface area is 168 Å². The number of carbonyl (C=O) groups excluding carboxylic acids is 1. The van der Waals surface area contributed by atoms with Gasteiger partial charge in [0.25, 0.3) is 0 Å². The Morgan fingerprint density at radius 2 is 1.79 bits per heavy atom. The lowest BCUT2D eigenvalue weighted by molar-refractivity contribution is 0.102. The second-order valence-electron chi connectivity index (χ2n) is 7.69. The van der Waals surface area contributed by atoms with Crippen LogP contribution in [0.15, 0.2) is 47.5 Å². The van der Waals surface area contributed by atoms with Crippen molar-refractivity contribution >= 4 is 28.4 Å². The summed E-state index contributed by atoms with van der Waals surface area (Å²) in [5.74, 6) is 2.42. The van der Waals surface area contributed by atoms with Crippen molar-refractivity contribution in [3.63, 3.8) is 0 Å². The molecule has 5 nitrogen and oxygen atoms in total. The normalized spacial score (nSPS) is 13.5. The van der Waals surface area contributed by atoms with Gasteiger partial charge in [-0.05, 0) is 24.3 Å². The third-order valence-corrected chi connectivity index (χ3v) is 5.43. The van der Waals surface area contributed by atoms with Crippen LogP contribution in [0.5, 0.6) is 11.5 Å². The van der Waals surface area contributed by atoms with Crippen molar-refractivity contribution < 1.29 is 14.3 Å². The van der Waals surface area contributed by atoms with Crippen LogP contribution in [0, 0.1) is 0 Å². The van der Waals surface area contributed by atoms with E-state index in [1.165, 1.54) is 11.8 Å². The molecule has 1 aromatic heterocycles. The van der Waals surface area contributed by atoms with Crippen molar-refractivity contribution in [1.82, 2.24) is 9.97 Å². The minimum atomic E-state index is -0.167. The van der Waals surface area contributed by atoms with Crippen molar-refractivity contribution in [2.45, 2.75) is 31.2 Å². The molecule has 4 rings (SSSR count). The fourth-order valence-electron chi connectivity index (χ4n) is 2.93. The number of ether oxygens (including phenoxy) is 2. The first-order chi connectivity index (χ1) is 13.4. The van der Waals surface area contributed by atoms with Crippen molar-refractivity contribution in [3.05, 3.63) is 53.9 Å². The number of ketones is 1. The van der Waals surface area contributed by atoms with Crippen LogP contribution in [-0.4, -0.2) is 34.7 Å². The molecule has 6 heteroatoms. The molecular formula is C22H22N2O3S. The van der Waals surface area contributed by atoms with Crippen LogP contribution in [0.2, 0.25) is 0 Å². The third-order valence-electron chi connectivity index (χ3n) is 4.44. The van der Waals surface area contributed by atoms with E-state index in [2.05, 4.69) is 20.8 Å². The van der Waals surface area contributed by atoms with Crippen molar-refractivity contribution in [2.75, 3.05) is 19.0 Å². The van der Waals surface area contributed by atoms with Crippen LogP contribution < -0.4 is 9.47 Å². The number of hydrogen-bond donors (Lipinski definition) is 0. The van der Waals surface area contributed by atoms with Crippen LogP contribution in [0.1, 0.15) is 37.0 Å². The van der Waals surface area contributed by atoms with E-state index in [1.54, 1.807) is 18.2 Å². The number of rotatable bonds is 4. The third kappa shape index (κ3) is 3.83. The molecule has 0 N–H and O–H groups in total. The molecule has 1 aliphatic rings. The molecule has 2 heterocycles. The van der Waals surface area contributed by atoms with E-state index in [9.17, 15) is 4.79 Å². The minimum absolute atomic E-state index is 0.0296. The monoisotopic (exact) mass is 394 g/mol. The van der Waals surface area contributed by atoms with E-state index < -0.39 is 0 Å². The highest BCUT2D eigenvalue weighted by Crippen LogP contribution is 2.32. The van der Waals surface area contributed by atoms with Crippen LogP contribution in [0.3, 0.4) is 0 Å². The van der Waals surface area contributed by atoms with E-state index >= 15 is 0 Å². The van der Waals surface area contributed by atoms with Gasteiger partial charge in [-0.25, -0.2) is 9.97 Å². The second kappa shape index (κ2) is 7.43. The quantitative estimate of drug-likeness (QED) is 0.364. The van der Waals surface area contributed by atoms with Crippen LogP contribution in [0.4, 0.5) is 0 Å². The maximum Gasteiger partial charge on any atom is 0.173 e. The molecule has 1 aliphatic heterocycles. The number of fused-ring (bicyclic) bond motifs is 2. The Kier molecular flexibility index (Phi) is 4.98. The van der Waals surface area contributed by atoms with Gasteiger partial charge in [0.05, 0.1) is 11.3 Å². The minimum Gasteiger partial charge on any atom is -0.486 e. The molecule has 0 bridgehead atoms. The molecule has 0 aliphatic carbocycles. The molecule has 0 fully saturated rings. The molecule has 0 amide bonds. The van der Waals surface area contributed by atoms with Gasteiger partial charge in [0.15, 0.2) is 17.3 Å². The van der Waals surface area contributed by atoms with E-state index in [0.717, 1.165) is 21.8 Å². The highest BCUT2D eigenvalue weighted by molar-refractivity contribution is 8.00. The summed E-state index contributed by atoms with van der Waals surface area (Å²) >= 11 is 1.45. The number of Topliss-reactive ketones (excluding diaryl/α,β-unsaturated/α-hetero) is 1. The molecule has 0 saturated carbocycles. The average Bonchev–Trinajstić information content (AvgIpc) is 2.70. The van der Waals surface area contributed by atoms with Gasteiger partial charge in [-0.2, -0.15) is 0 Å². The van der Waals surface area contributed by atoms with Crippen molar-refractivity contribution in [1.29, 1.82) is 0 Å². The molecule has 0 atom stereocenters. The summed E-state index contributed by atoms with van der Waals surface area (Å²) in [6, 6.07) is 13.3. The van der Waals surface area contributed by atoms with E-state index in [-0.39, 0.29) is 11.2 Å². The summed E-state index contributed by atoms with van der Waals surface area (Å²) in [6.45, 7) is 7.30. The van der Waals surface area contributed by atoms with Gasteiger partial charge in [0, 0.05) is 16.4 Å². The number of benzene rings is 2. The maximum absolute atomic E-state index is 12.8. The van der Waals surface area contributed by atoms with Crippen LogP contribution >= 0.6 is 11.8 Å². The zero-order chi connectivity index (χ0) is 19.7. The van der Waals surface area contributed by atoms with E-state index in [4.69, 9.17) is 19.4 Å². The summed E-state index contributed by atoms with van der Waals surface area (Å²) in [5, 5.41) is 1.80. The fourth-order valence-corrected chi connectivity index (χ4v) is 3.84. The Morgan fingerprint density at radius 1 is 1.04 bits per heavy atom. The molecule has 2 aromatic carbocycles. The number of aromatic nitrogens is 2. The van der Waals surface area contributed by atoms with Gasteiger partial charge in [-0.1, -0.05) is 50.7 Å².